The smallest absolute Gasteiger partial charge is 0.311 e. The molecule has 20 heavy (non-hydrogen) atoms. The summed E-state index contributed by atoms with van der Waals surface area (Å²) in [6.45, 7) is 3.47. The standard InChI is InChI=1S/C14H21N3O3/c1-2-14(13(19)20)5-3-7-17(10-14)12(18)4-8-16-9-6-15-11-16/h6,9,11H,2-5,7-8,10H2,1H3,(H,19,20). The van der Waals surface area contributed by atoms with Gasteiger partial charge in [-0.15, -0.1) is 0 Å². The lowest BCUT2D eigenvalue weighted by Gasteiger charge is -2.39. The van der Waals surface area contributed by atoms with Crippen LogP contribution in [-0.4, -0.2) is 44.5 Å². The molecule has 0 bridgehead atoms. The van der Waals surface area contributed by atoms with Crippen molar-refractivity contribution in [2.45, 2.75) is 39.2 Å². The molecule has 1 atom stereocenters. The second-order valence-electron chi connectivity index (χ2n) is 5.41. The first-order valence-electron chi connectivity index (χ1n) is 7.04. The maximum absolute atomic E-state index is 12.2. The number of carboxylic acid groups (broad SMARTS) is 1. The number of piperidine rings is 1. The maximum Gasteiger partial charge on any atom is 0.311 e. The first-order valence-corrected chi connectivity index (χ1v) is 7.04. The van der Waals surface area contributed by atoms with Crippen molar-refractivity contribution >= 4 is 11.9 Å². The van der Waals surface area contributed by atoms with Gasteiger partial charge in [0, 0.05) is 38.4 Å². The minimum atomic E-state index is -0.785. The normalized spacial score (nSPS) is 22.8. The van der Waals surface area contributed by atoms with Gasteiger partial charge in [-0.2, -0.15) is 0 Å². The van der Waals surface area contributed by atoms with E-state index < -0.39 is 11.4 Å². The number of hydrogen-bond donors (Lipinski definition) is 1. The van der Waals surface area contributed by atoms with E-state index in [-0.39, 0.29) is 5.91 Å². The predicted octanol–water partition coefficient (Wildman–Crippen LogP) is 1.38. The van der Waals surface area contributed by atoms with Crippen molar-refractivity contribution in [2.24, 2.45) is 5.41 Å². The van der Waals surface area contributed by atoms with Crippen molar-refractivity contribution in [3.63, 3.8) is 0 Å². The minimum absolute atomic E-state index is 0.0254. The van der Waals surface area contributed by atoms with Crippen LogP contribution >= 0.6 is 0 Å². The predicted molar refractivity (Wildman–Crippen MR) is 73.0 cm³/mol. The van der Waals surface area contributed by atoms with Gasteiger partial charge < -0.3 is 14.6 Å². The van der Waals surface area contributed by atoms with Crippen LogP contribution in [0.15, 0.2) is 18.7 Å². The van der Waals surface area contributed by atoms with E-state index in [1.165, 1.54) is 0 Å². The number of aryl methyl sites for hydroxylation is 1. The summed E-state index contributed by atoms with van der Waals surface area (Å²) in [5, 5.41) is 9.42. The molecular formula is C14H21N3O3. The monoisotopic (exact) mass is 279 g/mol. The number of hydrogen-bond acceptors (Lipinski definition) is 3. The second-order valence-corrected chi connectivity index (χ2v) is 5.41. The van der Waals surface area contributed by atoms with Crippen LogP contribution in [-0.2, 0) is 16.1 Å². The van der Waals surface area contributed by atoms with Gasteiger partial charge in [0.2, 0.25) is 5.91 Å². The van der Waals surface area contributed by atoms with Gasteiger partial charge in [0.15, 0.2) is 0 Å². The Balaban J connectivity index is 1.94. The van der Waals surface area contributed by atoms with Crippen LogP contribution in [0.25, 0.3) is 0 Å². The Morgan fingerprint density at radius 3 is 2.85 bits per heavy atom. The highest BCUT2D eigenvalue weighted by Crippen LogP contribution is 2.33. The van der Waals surface area contributed by atoms with Crippen LogP contribution in [0, 0.1) is 5.41 Å². The number of carboxylic acids is 1. The molecule has 1 aliphatic heterocycles. The summed E-state index contributed by atoms with van der Waals surface area (Å²) in [7, 11) is 0. The SMILES string of the molecule is CCC1(C(=O)O)CCCN(C(=O)CCn2ccnc2)C1. The van der Waals surface area contributed by atoms with Gasteiger partial charge in [0.1, 0.15) is 0 Å². The number of amides is 1. The van der Waals surface area contributed by atoms with Gasteiger partial charge in [-0.3, -0.25) is 9.59 Å². The first kappa shape index (κ1) is 14.6. The van der Waals surface area contributed by atoms with Crippen LogP contribution in [0.5, 0.6) is 0 Å². The zero-order valence-electron chi connectivity index (χ0n) is 11.8. The summed E-state index contributed by atoms with van der Waals surface area (Å²) in [5.41, 5.74) is -0.761. The highest BCUT2D eigenvalue weighted by molar-refractivity contribution is 5.79. The first-order chi connectivity index (χ1) is 9.57. The lowest BCUT2D eigenvalue weighted by molar-refractivity contribution is -0.155. The average molecular weight is 279 g/mol. The summed E-state index contributed by atoms with van der Waals surface area (Å²) >= 11 is 0. The van der Waals surface area contributed by atoms with Crippen molar-refractivity contribution in [2.75, 3.05) is 13.1 Å². The Hall–Kier alpha value is -1.85. The van der Waals surface area contributed by atoms with Gasteiger partial charge >= 0.3 is 5.97 Å². The number of carbonyl (C=O) groups excluding carboxylic acids is 1. The number of nitrogens with zero attached hydrogens (tertiary/aromatic N) is 3. The van der Waals surface area contributed by atoms with E-state index in [1.54, 1.807) is 17.4 Å². The molecule has 110 valence electrons. The van der Waals surface area contributed by atoms with Gasteiger partial charge in [0.05, 0.1) is 11.7 Å². The fourth-order valence-electron chi connectivity index (χ4n) is 2.76. The molecule has 0 aromatic carbocycles. The molecule has 1 aromatic rings. The molecule has 1 saturated heterocycles. The molecule has 0 aliphatic carbocycles. The molecule has 1 fully saturated rings. The molecule has 1 amide bonds. The number of likely N-dealkylation sites (tertiary alicyclic amines) is 1. The van der Waals surface area contributed by atoms with Crippen molar-refractivity contribution in [1.82, 2.24) is 14.5 Å². The third kappa shape index (κ3) is 3.00. The third-order valence-electron chi connectivity index (χ3n) is 4.20. The van der Waals surface area contributed by atoms with E-state index >= 15 is 0 Å². The molecule has 0 radical (unpaired) electrons. The summed E-state index contributed by atoms with van der Waals surface area (Å²) in [6, 6.07) is 0. The molecular weight excluding hydrogens is 258 g/mol. The molecule has 6 heteroatoms. The summed E-state index contributed by atoms with van der Waals surface area (Å²) < 4.78 is 1.85. The summed E-state index contributed by atoms with van der Waals surface area (Å²) in [4.78, 5) is 29.3. The van der Waals surface area contributed by atoms with E-state index in [0.717, 1.165) is 6.42 Å². The number of aliphatic carboxylic acids is 1. The molecule has 2 heterocycles. The van der Waals surface area contributed by atoms with Gasteiger partial charge in [-0.05, 0) is 19.3 Å². The van der Waals surface area contributed by atoms with Crippen LogP contribution in [0.4, 0.5) is 0 Å². The van der Waals surface area contributed by atoms with Gasteiger partial charge in [-0.25, -0.2) is 4.98 Å². The number of rotatable bonds is 5. The summed E-state index contributed by atoms with van der Waals surface area (Å²) in [6.07, 6.45) is 7.54. The molecule has 6 nitrogen and oxygen atoms in total. The Labute approximate surface area is 118 Å². The zero-order chi connectivity index (χ0) is 14.6. The fourth-order valence-corrected chi connectivity index (χ4v) is 2.76. The fraction of sp³-hybridized carbons (Fsp3) is 0.643. The Morgan fingerprint density at radius 1 is 1.45 bits per heavy atom. The van der Waals surface area contributed by atoms with Crippen molar-refractivity contribution in [3.05, 3.63) is 18.7 Å². The van der Waals surface area contributed by atoms with Crippen molar-refractivity contribution in [3.8, 4) is 0 Å². The minimum Gasteiger partial charge on any atom is -0.481 e. The van der Waals surface area contributed by atoms with Crippen LogP contribution < -0.4 is 0 Å². The highest BCUT2D eigenvalue weighted by Gasteiger charge is 2.41. The van der Waals surface area contributed by atoms with E-state index in [4.69, 9.17) is 0 Å². The number of carbonyl (C=O) groups is 2. The molecule has 1 unspecified atom stereocenters. The highest BCUT2D eigenvalue weighted by atomic mass is 16.4. The second kappa shape index (κ2) is 6.07. The van der Waals surface area contributed by atoms with Crippen LogP contribution in [0.3, 0.4) is 0 Å². The lowest BCUT2D eigenvalue weighted by atomic mass is 9.77. The van der Waals surface area contributed by atoms with Crippen molar-refractivity contribution in [1.29, 1.82) is 0 Å². The van der Waals surface area contributed by atoms with E-state index in [0.29, 0.717) is 38.9 Å². The van der Waals surface area contributed by atoms with Gasteiger partial charge in [-0.1, -0.05) is 6.92 Å². The van der Waals surface area contributed by atoms with Crippen molar-refractivity contribution < 1.29 is 14.7 Å². The Kier molecular flexibility index (Phi) is 4.42. The molecule has 1 aliphatic rings. The van der Waals surface area contributed by atoms with E-state index in [2.05, 4.69) is 4.98 Å². The lowest BCUT2D eigenvalue weighted by Crippen LogP contribution is -2.49. The molecule has 0 saturated carbocycles. The molecule has 1 aromatic heterocycles. The largest absolute Gasteiger partial charge is 0.481 e. The summed E-state index contributed by atoms with van der Waals surface area (Å²) in [5.74, 6) is -0.760. The quantitative estimate of drug-likeness (QED) is 0.883. The van der Waals surface area contributed by atoms with E-state index in [9.17, 15) is 14.7 Å². The Morgan fingerprint density at radius 2 is 2.25 bits per heavy atom. The zero-order valence-corrected chi connectivity index (χ0v) is 11.8. The Bertz CT molecular complexity index is 472. The molecule has 2 rings (SSSR count). The molecule has 1 N–H and O–H groups in total. The van der Waals surface area contributed by atoms with Gasteiger partial charge in [0.25, 0.3) is 0 Å². The van der Waals surface area contributed by atoms with Crippen LogP contribution in [0.1, 0.15) is 32.6 Å². The number of aromatic nitrogens is 2. The maximum atomic E-state index is 12.2. The topological polar surface area (TPSA) is 75.4 Å². The van der Waals surface area contributed by atoms with E-state index in [1.807, 2.05) is 17.7 Å². The molecule has 0 spiro atoms. The number of imidazole rings is 1. The third-order valence-corrected chi connectivity index (χ3v) is 4.20. The average Bonchev–Trinajstić information content (AvgIpc) is 2.97. The van der Waals surface area contributed by atoms with Crippen LogP contribution in [0.2, 0.25) is 0 Å².